The zero-order valence-electron chi connectivity index (χ0n) is 9.61. The lowest BCUT2D eigenvalue weighted by Gasteiger charge is -2.17. The Morgan fingerprint density at radius 2 is 1.67 bits per heavy atom. The summed E-state index contributed by atoms with van der Waals surface area (Å²) in [5, 5.41) is 26.3. The van der Waals surface area contributed by atoms with Crippen molar-refractivity contribution in [3.63, 3.8) is 0 Å². The quantitative estimate of drug-likeness (QED) is 0.604. The molecule has 1 aromatic heterocycles. The summed E-state index contributed by atoms with van der Waals surface area (Å²) >= 11 is 0. The van der Waals surface area contributed by atoms with Crippen LogP contribution in [-0.2, 0) is 22.7 Å². The number of carboxylic acids is 2. The Morgan fingerprint density at radius 3 is 2.17 bits per heavy atom. The van der Waals surface area contributed by atoms with Gasteiger partial charge in [0.05, 0.1) is 31.1 Å². The molecule has 7 heteroatoms. The van der Waals surface area contributed by atoms with Crippen LogP contribution in [0, 0.1) is 0 Å². The molecule has 1 rings (SSSR count). The molecule has 1 aromatic rings. The van der Waals surface area contributed by atoms with Crippen molar-refractivity contribution in [1.82, 2.24) is 9.88 Å². The van der Waals surface area contributed by atoms with Gasteiger partial charge >= 0.3 is 11.9 Å². The first-order chi connectivity index (χ1) is 8.51. The molecule has 18 heavy (non-hydrogen) atoms. The zero-order valence-corrected chi connectivity index (χ0v) is 9.61. The van der Waals surface area contributed by atoms with Gasteiger partial charge in [-0.2, -0.15) is 0 Å². The van der Waals surface area contributed by atoms with Crippen molar-refractivity contribution in [2.45, 2.75) is 13.2 Å². The van der Waals surface area contributed by atoms with Crippen LogP contribution in [0.15, 0.2) is 18.2 Å². The molecule has 0 bridgehead atoms. The summed E-state index contributed by atoms with van der Waals surface area (Å²) in [4.78, 5) is 26.5. The van der Waals surface area contributed by atoms with Crippen LogP contribution in [0.1, 0.15) is 11.4 Å². The minimum atomic E-state index is -1.10. The molecule has 0 saturated heterocycles. The van der Waals surface area contributed by atoms with E-state index in [0.29, 0.717) is 11.4 Å². The molecule has 0 saturated carbocycles. The Kier molecular flexibility index (Phi) is 5.22. The highest BCUT2D eigenvalue weighted by Crippen LogP contribution is 2.04. The third-order valence-corrected chi connectivity index (χ3v) is 2.13. The number of aliphatic carboxylic acids is 2. The predicted molar refractivity (Wildman–Crippen MR) is 60.7 cm³/mol. The molecule has 0 atom stereocenters. The second kappa shape index (κ2) is 6.67. The van der Waals surface area contributed by atoms with E-state index in [1.807, 2.05) is 0 Å². The van der Waals surface area contributed by atoms with Crippen molar-refractivity contribution in [1.29, 1.82) is 0 Å². The Bertz CT molecular complexity index is 419. The van der Waals surface area contributed by atoms with Gasteiger partial charge in [0.2, 0.25) is 0 Å². The Balaban J connectivity index is 2.74. The number of nitrogens with zero attached hydrogens (tertiary/aromatic N) is 2. The van der Waals surface area contributed by atoms with E-state index in [9.17, 15) is 9.59 Å². The molecule has 0 aromatic carbocycles. The summed E-state index contributed by atoms with van der Waals surface area (Å²) in [5.74, 6) is -2.20. The molecular formula is C11H14N2O5. The fraction of sp³-hybridized carbons (Fsp3) is 0.364. The highest BCUT2D eigenvalue weighted by molar-refractivity contribution is 5.72. The molecule has 0 radical (unpaired) electrons. The lowest BCUT2D eigenvalue weighted by Crippen LogP contribution is -2.34. The second-order valence-corrected chi connectivity index (χ2v) is 3.71. The van der Waals surface area contributed by atoms with E-state index in [2.05, 4.69) is 4.98 Å². The zero-order chi connectivity index (χ0) is 13.5. The lowest BCUT2D eigenvalue weighted by molar-refractivity contribution is -0.142. The van der Waals surface area contributed by atoms with Gasteiger partial charge in [-0.05, 0) is 12.1 Å². The SMILES string of the molecule is O=C(O)CN(CC(=O)O)Cc1cccc(CO)n1. The summed E-state index contributed by atoms with van der Waals surface area (Å²) in [6.07, 6.45) is 0. The first-order valence-corrected chi connectivity index (χ1v) is 5.23. The highest BCUT2D eigenvalue weighted by Gasteiger charge is 2.14. The molecule has 0 amide bonds. The highest BCUT2D eigenvalue weighted by atomic mass is 16.4. The Morgan fingerprint density at radius 1 is 1.11 bits per heavy atom. The summed E-state index contributed by atoms with van der Waals surface area (Å²) in [6.45, 7) is -0.868. The molecule has 0 aliphatic rings. The van der Waals surface area contributed by atoms with E-state index >= 15 is 0 Å². The minimum Gasteiger partial charge on any atom is -0.480 e. The normalized spacial score (nSPS) is 10.6. The van der Waals surface area contributed by atoms with Crippen molar-refractivity contribution in [2.24, 2.45) is 0 Å². The fourth-order valence-corrected chi connectivity index (χ4v) is 1.48. The van der Waals surface area contributed by atoms with Gasteiger partial charge in [-0.3, -0.25) is 19.5 Å². The van der Waals surface area contributed by atoms with Crippen molar-refractivity contribution in [3.8, 4) is 0 Å². The maximum atomic E-state index is 10.6. The van der Waals surface area contributed by atoms with Gasteiger partial charge in [0.1, 0.15) is 0 Å². The molecule has 1 heterocycles. The van der Waals surface area contributed by atoms with E-state index in [0.717, 1.165) is 0 Å². The van der Waals surface area contributed by atoms with Crippen LogP contribution in [0.25, 0.3) is 0 Å². The Labute approximate surface area is 103 Å². The summed E-state index contributed by atoms with van der Waals surface area (Å²) < 4.78 is 0. The maximum absolute atomic E-state index is 10.6. The summed E-state index contributed by atoms with van der Waals surface area (Å²) in [6, 6.07) is 4.95. The average molecular weight is 254 g/mol. The van der Waals surface area contributed by atoms with Crippen LogP contribution in [0.3, 0.4) is 0 Å². The number of aromatic nitrogens is 1. The standard InChI is InChI=1S/C11H14N2O5/c14-7-9-3-1-2-8(12-9)4-13(5-10(15)16)6-11(17)18/h1-3,14H,4-7H2,(H,15,16)(H,17,18). The summed E-state index contributed by atoms with van der Waals surface area (Å²) in [5.41, 5.74) is 0.974. The van der Waals surface area contributed by atoms with Crippen LogP contribution in [0.2, 0.25) is 0 Å². The molecule has 0 fully saturated rings. The van der Waals surface area contributed by atoms with E-state index in [1.54, 1.807) is 18.2 Å². The van der Waals surface area contributed by atoms with Gasteiger partial charge in [-0.25, -0.2) is 0 Å². The van der Waals surface area contributed by atoms with Gasteiger partial charge in [-0.15, -0.1) is 0 Å². The van der Waals surface area contributed by atoms with Gasteiger partial charge in [0, 0.05) is 6.54 Å². The van der Waals surface area contributed by atoms with Crippen molar-refractivity contribution in [2.75, 3.05) is 13.1 Å². The molecule has 0 unspecified atom stereocenters. The Hall–Kier alpha value is -1.99. The van der Waals surface area contributed by atoms with Crippen molar-refractivity contribution in [3.05, 3.63) is 29.6 Å². The van der Waals surface area contributed by atoms with Gasteiger partial charge in [-0.1, -0.05) is 6.07 Å². The molecule has 98 valence electrons. The van der Waals surface area contributed by atoms with Crippen molar-refractivity contribution >= 4 is 11.9 Å². The fourth-order valence-electron chi connectivity index (χ4n) is 1.48. The lowest BCUT2D eigenvalue weighted by atomic mass is 10.3. The number of rotatable bonds is 7. The molecule has 0 spiro atoms. The molecule has 3 N–H and O–H groups in total. The topological polar surface area (TPSA) is 111 Å². The third-order valence-electron chi connectivity index (χ3n) is 2.13. The van der Waals surface area contributed by atoms with Gasteiger partial charge in [0.25, 0.3) is 0 Å². The van der Waals surface area contributed by atoms with Crippen LogP contribution in [-0.4, -0.2) is 50.2 Å². The van der Waals surface area contributed by atoms with Crippen LogP contribution < -0.4 is 0 Å². The van der Waals surface area contributed by atoms with E-state index in [4.69, 9.17) is 15.3 Å². The molecule has 0 aliphatic heterocycles. The monoisotopic (exact) mass is 254 g/mol. The number of carboxylic acid groups (broad SMARTS) is 2. The van der Waals surface area contributed by atoms with E-state index < -0.39 is 11.9 Å². The van der Waals surface area contributed by atoms with Crippen LogP contribution in [0.4, 0.5) is 0 Å². The second-order valence-electron chi connectivity index (χ2n) is 3.71. The number of pyridine rings is 1. The number of hydrogen-bond donors (Lipinski definition) is 3. The maximum Gasteiger partial charge on any atom is 0.317 e. The largest absolute Gasteiger partial charge is 0.480 e. The number of aliphatic hydroxyl groups excluding tert-OH is 1. The number of hydrogen-bond acceptors (Lipinski definition) is 5. The molecular weight excluding hydrogens is 240 g/mol. The smallest absolute Gasteiger partial charge is 0.317 e. The van der Waals surface area contributed by atoms with Crippen molar-refractivity contribution < 1.29 is 24.9 Å². The van der Waals surface area contributed by atoms with Crippen LogP contribution >= 0.6 is 0 Å². The van der Waals surface area contributed by atoms with E-state index in [1.165, 1.54) is 4.90 Å². The first kappa shape index (κ1) is 14.1. The van der Waals surface area contributed by atoms with E-state index in [-0.39, 0.29) is 26.2 Å². The molecule has 0 aliphatic carbocycles. The van der Waals surface area contributed by atoms with Crippen LogP contribution in [0.5, 0.6) is 0 Å². The predicted octanol–water partition coefficient (Wildman–Crippen LogP) is -0.455. The number of carbonyl (C=O) groups is 2. The molecule has 7 nitrogen and oxygen atoms in total. The summed E-state index contributed by atoms with van der Waals surface area (Å²) in [7, 11) is 0. The third kappa shape index (κ3) is 4.89. The number of aliphatic hydroxyl groups is 1. The first-order valence-electron chi connectivity index (χ1n) is 5.23. The average Bonchev–Trinajstić information content (AvgIpc) is 2.27. The van der Waals surface area contributed by atoms with Gasteiger partial charge < -0.3 is 15.3 Å². The minimum absolute atomic E-state index is 0.104. The van der Waals surface area contributed by atoms with Gasteiger partial charge in [0.15, 0.2) is 0 Å².